The van der Waals surface area contributed by atoms with Crippen molar-refractivity contribution in [1.82, 2.24) is 14.5 Å². The molecule has 1 saturated heterocycles. The molecule has 0 radical (unpaired) electrons. The summed E-state index contributed by atoms with van der Waals surface area (Å²) in [5.41, 5.74) is -0.164. The standard InChI is InChI=1S/C18H25N3O4S/c1-20(2)26(24,25)15-9-7-8-14(12-15)13-21-16(22)18(19-17(21)23)10-5-3-4-6-11-18/h7-9,12H,3-6,10-11,13H2,1-2H3,(H,19,23). The van der Waals surface area contributed by atoms with Crippen molar-refractivity contribution in [3.8, 4) is 0 Å². The number of hydrogen-bond acceptors (Lipinski definition) is 4. The fourth-order valence-electron chi connectivity index (χ4n) is 3.69. The summed E-state index contributed by atoms with van der Waals surface area (Å²) >= 11 is 0. The summed E-state index contributed by atoms with van der Waals surface area (Å²) in [5, 5.41) is 2.90. The zero-order chi connectivity index (χ0) is 18.9. The molecule has 1 aliphatic heterocycles. The Labute approximate surface area is 154 Å². The Morgan fingerprint density at radius 3 is 2.38 bits per heavy atom. The molecule has 0 atom stereocenters. The predicted octanol–water partition coefficient (Wildman–Crippen LogP) is 2.08. The van der Waals surface area contributed by atoms with Crippen molar-refractivity contribution in [1.29, 1.82) is 0 Å². The predicted molar refractivity (Wildman–Crippen MR) is 96.8 cm³/mol. The Morgan fingerprint density at radius 1 is 1.12 bits per heavy atom. The van der Waals surface area contributed by atoms with Crippen LogP contribution in [0.15, 0.2) is 29.2 Å². The minimum absolute atomic E-state index is 0.0726. The van der Waals surface area contributed by atoms with E-state index in [0.29, 0.717) is 18.4 Å². The molecule has 1 heterocycles. The molecule has 2 fully saturated rings. The topological polar surface area (TPSA) is 86.8 Å². The van der Waals surface area contributed by atoms with E-state index in [9.17, 15) is 18.0 Å². The van der Waals surface area contributed by atoms with E-state index in [4.69, 9.17) is 0 Å². The molecule has 0 bridgehead atoms. The lowest BCUT2D eigenvalue weighted by Gasteiger charge is -2.24. The van der Waals surface area contributed by atoms with Crippen LogP contribution in [-0.2, 0) is 21.4 Å². The van der Waals surface area contributed by atoms with Gasteiger partial charge in [-0.25, -0.2) is 17.5 Å². The van der Waals surface area contributed by atoms with E-state index in [1.165, 1.54) is 31.1 Å². The molecule has 0 aromatic heterocycles. The van der Waals surface area contributed by atoms with Gasteiger partial charge in [0.15, 0.2) is 0 Å². The number of sulfonamides is 1. The molecule has 1 N–H and O–H groups in total. The van der Waals surface area contributed by atoms with Gasteiger partial charge in [0, 0.05) is 14.1 Å². The number of amides is 3. The van der Waals surface area contributed by atoms with Crippen molar-refractivity contribution in [2.75, 3.05) is 14.1 Å². The van der Waals surface area contributed by atoms with Crippen LogP contribution in [0, 0.1) is 0 Å². The van der Waals surface area contributed by atoms with Gasteiger partial charge in [0.25, 0.3) is 5.91 Å². The van der Waals surface area contributed by atoms with Crippen LogP contribution in [0.4, 0.5) is 4.79 Å². The van der Waals surface area contributed by atoms with E-state index in [1.54, 1.807) is 12.1 Å². The molecule has 8 heteroatoms. The molecule has 3 amide bonds. The van der Waals surface area contributed by atoms with Crippen molar-refractivity contribution in [3.63, 3.8) is 0 Å². The summed E-state index contributed by atoms with van der Waals surface area (Å²) in [6.45, 7) is 0.0726. The minimum atomic E-state index is -3.56. The van der Waals surface area contributed by atoms with E-state index in [1.807, 2.05) is 0 Å². The second kappa shape index (κ2) is 7.00. The molecule has 1 spiro atoms. The molecule has 1 aliphatic carbocycles. The van der Waals surface area contributed by atoms with Gasteiger partial charge < -0.3 is 5.32 Å². The van der Waals surface area contributed by atoms with Gasteiger partial charge in [-0.15, -0.1) is 0 Å². The number of urea groups is 1. The summed E-state index contributed by atoms with van der Waals surface area (Å²) in [6, 6.07) is 6.00. The first-order chi connectivity index (χ1) is 12.3. The van der Waals surface area contributed by atoms with Crippen LogP contribution in [0.3, 0.4) is 0 Å². The zero-order valence-corrected chi connectivity index (χ0v) is 16.0. The fourth-order valence-corrected chi connectivity index (χ4v) is 4.66. The summed E-state index contributed by atoms with van der Waals surface area (Å²) in [7, 11) is -0.627. The highest BCUT2D eigenvalue weighted by Gasteiger charge is 2.50. The van der Waals surface area contributed by atoms with Gasteiger partial charge in [0.1, 0.15) is 5.54 Å². The Morgan fingerprint density at radius 2 is 1.77 bits per heavy atom. The minimum Gasteiger partial charge on any atom is -0.323 e. The maximum Gasteiger partial charge on any atom is 0.325 e. The molecule has 0 unspecified atom stereocenters. The third kappa shape index (κ3) is 3.35. The molecular weight excluding hydrogens is 354 g/mol. The van der Waals surface area contributed by atoms with Gasteiger partial charge in [-0.3, -0.25) is 9.69 Å². The van der Waals surface area contributed by atoms with Crippen molar-refractivity contribution in [2.45, 2.75) is 55.5 Å². The molecule has 142 valence electrons. The van der Waals surface area contributed by atoms with E-state index < -0.39 is 21.6 Å². The summed E-state index contributed by atoms with van der Waals surface area (Å²) in [4.78, 5) is 26.8. The zero-order valence-electron chi connectivity index (χ0n) is 15.2. The maximum atomic E-state index is 13.0. The number of imide groups is 1. The summed E-state index contributed by atoms with van der Waals surface area (Å²) in [6.07, 6.45) is 5.35. The summed E-state index contributed by atoms with van der Waals surface area (Å²) < 4.78 is 25.7. The monoisotopic (exact) mass is 379 g/mol. The highest BCUT2D eigenvalue weighted by Crippen LogP contribution is 2.33. The third-order valence-electron chi connectivity index (χ3n) is 5.22. The van der Waals surface area contributed by atoms with Gasteiger partial charge in [0.05, 0.1) is 11.4 Å². The van der Waals surface area contributed by atoms with Gasteiger partial charge in [0.2, 0.25) is 10.0 Å². The number of carbonyl (C=O) groups is 2. The highest BCUT2D eigenvalue weighted by molar-refractivity contribution is 7.89. The quantitative estimate of drug-likeness (QED) is 0.812. The second-order valence-electron chi connectivity index (χ2n) is 7.25. The van der Waals surface area contributed by atoms with Crippen LogP contribution >= 0.6 is 0 Å². The Bertz CT molecular complexity index is 811. The van der Waals surface area contributed by atoms with Crippen LogP contribution in [0.2, 0.25) is 0 Å². The van der Waals surface area contributed by atoms with Crippen LogP contribution in [0.1, 0.15) is 44.1 Å². The van der Waals surface area contributed by atoms with E-state index in [-0.39, 0.29) is 17.3 Å². The number of hydrogen-bond donors (Lipinski definition) is 1. The van der Waals surface area contributed by atoms with Gasteiger partial charge in [-0.2, -0.15) is 0 Å². The van der Waals surface area contributed by atoms with Crippen LogP contribution in [0.5, 0.6) is 0 Å². The Balaban J connectivity index is 1.83. The number of benzene rings is 1. The van der Waals surface area contributed by atoms with Gasteiger partial charge in [-0.1, -0.05) is 37.8 Å². The number of carbonyl (C=O) groups excluding carboxylic acids is 2. The number of rotatable bonds is 4. The molecule has 1 saturated carbocycles. The first-order valence-corrected chi connectivity index (χ1v) is 10.4. The van der Waals surface area contributed by atoms with E-state index >= 15 is 0 Å². The number of nitrogens with one attached hydrogen (secondary N) is 1. The van der Waals surface area contributed by atoms with Gasteiger partial charge >= 0.3 is 6.03 Å². The summed E-state index contributed by atoms with van der Waals surface area (Å²) in [5.74, 6) is -0.190. The third-order valence-corrected chi connectivity index (χ3v) is 7.03. The lowest BCUT2D eigenvalue weighted by atomic mass is 9.90. The second-order valence-corrected chi connectivity index (χ2v) is 9.40. The lowest BCUT2D eigenvalue weighted by molar-refractivity contribution is -0.132. The molecule has 1 aromatic rings. The lowest BCUT2D eigenvalue weighted by Crippen LogP contribution is -2.46. The van der Waals surface area contributed by atoms with E-state index in [2.05, 4.69) is 5.32 Å². The molecular formula is C18H25N3O4S. The van der Waals surface area contributed by atoms with Crippen molar-refractivity contribution >= 4 is 22.0 Å². The SMILES string of the molecule is CN(C)S(=O)(=O)c1cccc(CN2C(=O)NC3(CCCCCC3)C2=O)c1. The fraction of sp³-hybridized carbons (Fsp3) is 0.556. The first-order valence-electron chi connectivity index (χ1n) is 8.92. The maximum absolute atomic E-state index is 13.0. The molecule has 7 nitrogen and oxygen atoms in total. The number of nitrogens with zero attached hydrogens (tertiary/aromatic N) is 2. The van der Waals surface area contributed by atoms with Gasteiger partial charge in [-0.05, 0) is 30.5 Å². The smallest absolute Gasteiger partial charge is 0.323 e. The van der Waals surface area contributed by atoms with Crippen LogP contribution in [-0.4, -0.2) is 49.2 Å². The normalized spacial score (nSPS) is 20.5. The molecule has 26 heavy (non-hydrogen) atoms. The van der Waals surface area contributed by atoms with Crippen molar-refractivity contribution in [2.24, 2.45) is 0 Å². The molecule has 2 aliphatic rings. The molecule has 1 aromatic carbocycles. The average Bonchev–Trinajstić information content (AvgIpc) is 2.77. The van der Waals surface area contributed by atoms with Crippen LogP contribution < -0.4 is 5.32 Å². The largest absolute Gasteiger partial charge is 0.325 e. The highest BCUT2D eigenvalue weighted by atomic mass is 32.2. The van der Waals surface area contributed by atoms with Crippen LogP contribution in [0.25, 0.3) is 0 Å². The van der Waals surface area contributed by atoms with Crippen molar-refractivity contribution < 1.29 is 18.0 Å². The molecule has 3 rings (SSSR count). The Hall–Kier alpha value is -1.93. The first kappa shape index (κ1) is 18.8. The van der Waals surface area contributed by atoms with E-state index in [0.717, 1.165) is 30.0 Å². The Kier molecular flexibility index (Phi) is 5.07. The van der Waals surface area contributed by atoms with Crippen molar-refractivity contribution in [3.05, 3.63) is 29.8 Å². The average molecular weight is 379 g/mol.